The van der Waals surface area contributed by atoms with Crippen LogP contribution in [0.5, 0.6) is 0 Å². The highest BCUT2D eigenvalue weighted by Gasteiger charge is 2.55. The molecule has 5 heteroatoms. The van der Waals surface area contributed by atoms with Gasteiger partial charge in [0.1, 0.15) is 0 Å². The van der Waals surface area contributed by atoms with E-state index in [1.54, 1.807) is 4.90 Å². The Bertz CT molecular complexity index is 489. The maximum Gasteiger partial charge on any atom is 0.311 e. The molecule has 2 heterocycles. The van der Waals surface area contributed by atoms with Crippen LogP contribution in [0.1, 0.15) is 52.4 Å². The van der Waals surface area contributed by atoms with Crippen LogP contribution in [-0.2, 0) is 14.3 Å². The first-order valence-electron chi connectivity index (χ1n) is 8.94. The van der Waals surface area contributed by atoms with Gasteiger partial charge in [-0.2, -0.15) is 0 Å². The maximum absolute atomic E-state index is 12.8. The molecule has 0 bridgehead atoms. The van der Waals surface area contributed by atoms with E-state index in [-0.39, 0.29) is 17.2 Å². The van der Waals surface area contributed by atoms with Crippen LogP contribution in [0.15, 0.2) is 0 Å². The minimum atomic E-state index is -0.782. The number of rotatable bonds is 3. The molecule has 3 aliphatic rings. The van der Waals surface area contributed by atoms with E-state index in [4.69, 9.17) is 4.74 Å². The fourth-order valence-electron chi connectivity index (χ4n) is 4.77. The number of fused-ring (bicyclic) bond motifs is 1. The van der Waals surface area contributed by atoms with Gasteiger partial charge < -0.3 is 14.7 Å². The van der Waals surface area contributed by atoms with Crippen LogP contribution in [0.25, 0.3) is 0 Å². The minimum Gasteiger partial charge on any atom is -0.481 e. The summed E-state index contributed by atoms with van der Waals surface area (Å²) in [6.45, 7) is 6.38. The Labute approximate surface area is 138 Å². The second-order valence-electron chi connectivity index (χ2n) is 8.39. The van der Waals surface area contributed by atoms with E-state index in [9.17, 15) is 14.7 Å². The first kappa shape index (κ1) is 16.7. The standard InChI is InChI=1S/C18H29NO4/c1-17(2)6-4-3-5-13(17)9-15(20)19-10-14-11-23-8-7-18(14,12-19)16(21)22/h13-14H,3-12H2,1-2H3,(H,21,22)/t13?,14-,18+/m0/s1. The Morgan fingerprint density at radius 3 is 2.70 bits per heavy atom. The number of nitrogens with zero attached hydrogens (tertiary/aromatic N) is 1. The summed E-state index contributed by atoms with van der Waals surface area (Å²) in [6.07, 6.45) is 5.84. The first-order chi connectivity index (χ1) is 10.8. The normalized spacial score (nSPS) is 36.5. The maximum atomic E-state index is 12.8. The summed E-state index contributed by atoms with van der Waals surface area (Å²) in [5, 5.41) is 9.71. The molecule has 3 atom stereocenters. The van der Waals surface area contributed by atoms with Gasteiger partial charge in [0.15, 0.2) is 0 Å². The van der Waals surface area contributed by atoms with Crippen molar-refractivity contribution in [3.63, 3.8) is 0 Å². The van der Waals surface area contributed by atoms with Gasteiger partial charge in [0.25, 0.3) is 0 Å². The largest absolute Gasteiger partial charge is 0.481 e. The molecule has 2 aliphatic heterocycles. The highest BCUT2D eigenvalue weighted by molar-refractivity contribution is 5.81. The van der Waals surface area contributed by atoms with Crippen molar-refractivity contribution < 1.29 is 19.4 Å². The Morgan fingerprint density at radius 1 is 1.26 bits per heavy atom. The van der Waals surface area contributed by atoms with E-state index in [1.807, 2.05) is 0 Å². The molecule has 1 aliphatic carbocycles. The molecule has 130 valence electrons. The highest BCUT2D eigenvalue weighted by atomic mass is 16.5. The summed E-state index contributed by atoms with van der Waals surface area (Å²) < 4.78 is 5.47. The molecule has 3 fully saturated rings. The van der Waals surface area contributed by atoms with Crippen molar-refractivity contribution in [2.45, 2.75) is 52.4 Å². The van der Waals surface area contributed by atoms with E-state index < -0.39 is 11.4 Å². The molecule has 0 radical (unpaired) electrons. The fourth-order valence-corrected chi connectivity index (χ4v) is 4.77. The lowest BCUT2D eigenvalue weighted by Gasteiger charge is -2.39. The zero-order chi connectivity index (χ0) is 16.7. The smallest absolute Gasteiger partial charge is 0.311 e. The number of likely N-dealkylation sites (tertiary alicyclic amines) is 1. The minimum absolute atomic E-state index is 0.0583. The number of carbonyl (C=O) groups is 2. The lowest BCUT2D eigenvalue weighted by atomic mass is 9.67. The molecule has 5 nitrogen and oxygen atoms in total. The Hall–Kier alpha value is -1.10. The monoisotopic (exact) mass is 323 g/mol. The molecule has 3 rings (SSSR count). The molecule has 1 saturated carbocycles. The van der Waals surface area contributed by atoms with Crippen molar-refractivity contribution in [1.29, 1.82) is 0 Å². The third-order valence-electron chi connectivity index (χ3n) is 6.64. The van der Waals surface area contributed by atoms with Gasteiger partial charge in [0.05, 0.1) is 12.0 Å². The molecule has 0 aromatic rings. The summed E-state index contributed by atoms with van der Waals surface area (Å²) in [5.41, 5.74) is -0.565. The molecule has 0 spiro atoms. The SMILES string of the molecule is CC1(C)CCCCC1CC(=O)N1C[C@H]2COCC[C@@]2(C(=O)O)C1. The summed E-state index contributed by atoms with van der Waals surface area (Å²) in [7, 11) is 0. The predicted octanol–water partition coefficient (Wildman–Crippen LogP) is 2.54. The van der Waals surface area contributed by atoms with Crippen molar-refractivity contribution in [3.05, 3.63) is 0 Å². The predicted molar refractivity (Wildman–Crippen MR) is 85.9 cm³/mol. The highest BCUT2D eigenvalue weighted by Crippen LogP contribution is 2.45. The number of carboxylic acid groups (broad SMARTS) is 1. The van der Waals surface area contributed by atoms with Gasteiger partial charge in [-0.3, -0.25) is 9.59 Å². The number of amides is 1. The lowest BCUT2D eigenvalue weighted by molar-refractivity contribution is -0.157. The van der Waals surface area contributed by atoms with Crippen LogP contribution in [-0.4, -0.2) is 48.2 Å². The quantitative estimate of drug-likeness (QED) is 0.867. The topological polar surface area (TPSA) is 66.8 Å². The van der Waals surface area contributed by atoms with E-state index in [0.717, 1.165) is 6.42 Å². The summed E-state index contributed by atoms with van der Waals surface area (Å²) in [6, 6.07) is 0. The van der Waals surface area contributed by atoms with Crippen molar-refractivity contribution >= 4 is 11.9 Å². The summed E-state index contributed by atoms with van der Waals surface area (Å²) >= 11 is 0. The van der Waals surface area contributed by atoms with Gasteiger partial charge in [-0.1, -0.05) is 26.7 Å². The number of hydrogen-bond acceptors (Lipinski definition) is 3. The van der Waals surface area contributed by atoms with Gasteiger partial charge >= 0.3 is 5.97 Å². The average Bonchev–Trinajstić information content (AvgIpc) is 2.90. The van der Waals surface area contributed by atoms with Gasteiger partial charge in [0.2, 0.25) is 5.91 Å². The summed E-state index contributed by atoms with van der Waals surface area (Å²) in [5.74, 6) is -0.264. The molecule has 23 heavy (non-hydrogen) atoms. The fraction of sp³-hybridized carbons (Fsp3) is 0.889. The van der Waals surface area contributed by atoms with Crippen LogP contribution in [0.3, 0.4) is 0 Å². The molecular weight excluding hydrogens is 294 g/mol. The van der Waals surface area contributed by atoms with Crippen molar-refractivity contribution in [2.24, 2.45) is 22.7 Å². The third kappa shape index (κ3) is 3.00. The van der Waals surface area contributed by atoms with Crippen molar-refractivity contribution in [3.8, 4) is 0 Å². The third-order valence-corrected chi connectivity index (χ3v) is 6.64. The second-order valence-corrected chi connectivity index (χ2v) is 8.39. The number of ether oxygens (including phenoxy) is 1. The average molecular weight is 323 g/mol. The Balaban J connectivity index is 1.68. The van der Waals surface area contributed by atoms with Gasteiger partial charge in [-0.05, 0) is 30.6 Å². The second kappa shape index (κ2) is 6.08. The van der Waals surface area contributed by atoms with Gasteiger partial charge in [0, 0.05) is 32.0 Å². The zero-order valence-corrected chi connectivity index (χ0v) is 14.3. The molecule has 1 unspecified atom stereocenters. The van der Waals surface area contributed by atoms with Gasteiger partial charge in [-0.15, -0.1) is 0 Å². The van der Waals surface area contributed by atoms with E-state index >= 15 is 0 Å². The van der Waals surface area contributed by atoms with Crippen LogP contribution >= 0.6 is 0 Å². The number of carboxylic acids is 1. The number of aliphatic carboxylic acids is 1. The summed E-state index contributed by atoms with van der Waals surface area (Å²) in [4.78, 5) is 26.4. The molecule has 2 saturated heterocycles. The van der Waals surface area contributed by atoms with Crippen LogP contribution in [0.4, 0.5) is 0 Å². The molecular formula is C18H29NO4. The molecule has 1 amide bonds. The van der Waals surface area contributed by atoms with E-state index in [1.165, 1.54) is 19.3 Å². The van der Waals surface area contributed by atoms with Crippen LogP contribution in [0.2, 0.25) is 0 Å². The Kier molecular flexibility index (Phi) is 4.43. The lowest BCUT2D eigenvalue weighted by Crippen LogP contribution is -2.45. The van der Waals surface area contributed by atoms with Gasteiger partial charge in [-0.25, -0.2) is 0 Å². The van der Waals surface area contributed by atoms with E-state index in [0.29, 0.717) is 45.1 Å². The number of hydrogen-bond donors (Lipinski definition) is 1. The van der Waals surface area contributed by atoms with E-state index in [2.05, 4.69) is 13.8 Å². The van der Waals surface area contributed by atoms with Crippen molar-refractivity contribution in [1.82, 2.24) is 4.90 Å². The zero-order valence-electron chi connectivity index (χ0n) is 14.3. The Morgan fingerprint density at radius 2 is 2.04 bits per heavy atom. The number of carbonyl (C=O) groups excluding carboxylic acids is 1. The molecule has 1 N–H and O–H groups in total. The van der Waals surface area contributed by atoms with Crippen LogP contribution in [0, 0.1) is 22.7 Å². The van der Waals surface area contributed by atoms with Crippen molar-refractivity contribution in [2.75, 3.05) is 26.3 Å². The first-order valence-corrected chi connectivity index (χ1v) is 8.94. The van der Waals surface area contributed by atoms with Crippen LogP contribution < -0.4 is 0 Å². The molecule has 0 aromatic heterocycles. The molecule has 0 aromatic carbocycles.